The molecular formula is C11H15N3OS. The molecule has 86 valence electrons. The van der Waals surface area contributed by atoms with Crippen molar-refractivity contribution in [2.45, 2.75) is 31.7 Å². The molecule has 1 unspecified atom stereocenters. The second kappa shape index (κ2) is 4.76. The van der Waals surface area contributed by atoms with Gasteiger partial charge in [0.2, 0.25) is 5.91 Å². The zero-order valence-electron chi connectivity index (χ0n) is 9.03. The molecule has 4 nitrogen and oxygen atoms in total. The Morgan fingerprint density at radius 2 is 2.50 bits per heavy atom. The molecule has 1 heterocycles. The molecule has 0 aliphatic heterocycles. The lowest BCUT2D eigenvalue weighted by Crippen LogP contribution is -2.35. The van der Waals surface area contributed by atoms with Crippen LogP contribution in [0.25, 0.3) is 0 Å². The number of fused-ring (bicyclic) bond motifs is 1. The van der Waals surface area contributed by atoms with Gasteiger partial charge in [-0.2, -0.15) is 0 Å². The minimum Gasteiger partial charge on any atom is -0.320 e. The molecule has 0 bridgehead atoms. The van der Waals surface area contributed by atoms with Gasteiger partial charge in [-0.3, -0.25) is 4.79 Å². The van der Waals surface area contributed by atoms with Gasteiger partial charge in [-0.1, -0.05) is 6.08 Å². The van der Waals surface area contributed by atoms with Crippen LogP contribution >= 0.6 is 11.3 Å². The van der Waals surface area contributed by atoms with Crippen molar-refractivity contribution in [2.75, 3.05) is 5.32 Å². The molecule has 0 radical (unpaired) electrons. The lowest BCUT2D eigenvalue weighted by Gasteiger charge is -2.07. The summed E-state index contributed by atoms with van der Waals surface area (Å²) >= 11 is 1.56. The van der Waals surface area contributed by atoms with Crippen LogP contribution in [0, 0.1) is 0 Å². The summed E-state index contributed by atoms with van der Waals surface area (Å²) in [6, 6.07) is -0.531. The standard InChI is InChI=1S/C11H15N3OS/c1-2-4-7(12)10(15)14-11-13-8-5-3-6-9(8)16-11/h2,7H,1,3-6,12H2,(H,13,14,15). The Labute approximate surface area is 98.6 Å². The van der Waals surface area contributed by atoms with E-state index in [-0.39, 0.29) is 5.91 Å². The largest absolute Gasteiger partial charge is 0.320 e. The summed E-state index contributed by atoms with van der Waals surface area (Å²) in [5.74, 6) is -0.188. The number of rotatable bonds is 4. The minimum absolute atomic E-state index is 0.188. The van der Waals surface area contributed by atoms with Gasteiger partial charge in [0, 0.05) is 4.88 Å². The van der Waals surface area contributed by atoms with Crippen molar-refractivity contribution in [3.63, 3.8) is 0 Å². The SMILES string of the molecule is C=CCC(N)C(=O)Nc1nc2c(s1)CCC2. The Kier molecular flexibility index (Phi) is 3.36. The second-order valence-corrected chi connectivity index (χ2v) is 4.95. The summed E-state index contributed by atoms with van der Waals surface area (Å²) in [4.78, 5) is 17.3. The molecule has 0 saturated carbocycles. The van der Waals surface area contributed by atoms with Gasteiger partial charge in [-0.05, 0) is 25.7 Å². The fourth-order valence-electron chi connectivity index (χ4n) is 1.73. The molecule has 0 spiro atoms. The molecule has 2 rings (SSSR count). The molecule has 1 atom stereocenters. The number of nitrogens with one attached hydrogen (secondary N) is 1. The highest BCUT2D eigenvalue weighted by atomic mass is 32.1. The van der Waals surface area contributed by atoms with Crippen LogP contribution in [-0.4, -0.2) is 16.9 Å². The lowest BCUT2D eigenvalue weighted by molar-refractivity contribution is -0.117. The van der Waals surface area contributed by atoms with E-state index >= 15 is 0 Å². The third kappa shape index (κ3) is 2.31. The van der Waals surface area contributed by atoms with Crippen LogP contribution in [0.3, 0.4) is 0 Å². The number of nitrogens with zero attached hydrogens (tertiary/aromatic N) is 1. The first-order valence-corrected chi connectivity index (χ1v) is 6.18. The Balaban J connectivity index is 1.98. The van der Waals surface area contributed by atoms with Crippen LogP contribution in [0.4, 0.5) is 5.13 Å². The van der Waals surface area contributed by atoms with E-state index in [4.69, 9.17) is 5.73 Å². The van der Waals surface area contributed by atoms with Crippen molar-refractivity contribution in [2.24, 2.45) is 5.73 Å². The van der Waals surface area contributed by atoms with Crippen LogP contribution in [0.15, 0.2) is 12.7 Å². The van der Waals surface area contributed by atoms with Gasteiger partial charge in [0.1, 0.15) is 0 Å². The highest BCUT2D eigenvalue weighted by Gasteiger charge is 2.19. The predicted octanol–water partition coefficient (Wildman–Crippen LogP) is 1.47. The third-order valence-corrected chi connectivity index (χ3v) is 3.66. The molecule has 0 aromatic carbocycles. The topological polar surface area (TPSA) is 68.0 Å². The van der Waals surface area contributed by atoms with Crippen molar-refractivity contribution in [3.05, 3.63) is 23.2 Å². The van der Waals surface area contributed by atoms with E-state index in [0.29, 0.717) is 11.6 Å². The van der Waals surface area contributed by atoms with Gasteiger partial charge in [0.15, 0.2) is 5.13 Å². The van der Waals surface area contributed by atoms with E-state index in [1.54, 1.807) is 17.4 Å². The molecule has 1 aromatic rings. The number of aryl methyl sites for hydroxylation is 2. The van der Waals surface area contributed by atoms with E-state index in [2.05, 4.69) is 16.9 Å². The molecular weight excluding hydrogens is 222 g/mol. The van der Waals surface area contributed by atoms with Crippen molar-refractivity contribution >= 4 is 22.4 Å². The van der Waals surface area contributed by atoms with Crippen LogP contribution < -0.4 is 11.1 Å². The Morgan fingerprint density at radius 3 is 3.19 bits per heavy atom. The monoisotopic (exact) mass is 237 g/mol. The zero-order valence-corrected chi connectivity index (χ0v) is 9.85. The zero-order chi connectivity index (χ0) is 11.5. The fraction of sp³-hybridized carbons (Fsp3) is 0.455. The molecule has 1 aliphatic carbocycles. The van der Waals surface area contributed by atoms with E-state index in [1.165, 1.54) is 11.3 Å². The number of nitrogens with two attached hydrogens (primary N) is 1. The molecule has 0 saturated heterocycles. The summed E-state index contributed by atoms with van der Waals surface area (Å²) in [6.07, 6.45) is 5.42. The summed E-state index contributed by atoms with van der Waals surface area (Å²) in [5, 5.41) is 3.43. The fourth-order valence-corrected chi connectivity index (χ4v) is 2.78. The van der Waals surface area contributed by atoms with Gasteiger partial charge < -0.3 is 11.1 Å². The first kappa shape index (κ1) is 11.3. The molecule has 1 amide bonds. The number of carbonyl (C=O) groups is 1. The van der Waals surface area contributed by atoms with Crippen molar-refractivity contribution in [1.29, 1.82) is 0 Å². The lowest BCUT2D eigenvalue weighted by atomic mass is 10.2. The quantitative estimate of drug-likeness (QED) is 0.779. The van der Waals surface area contributed by atoms with Crippen LogP contribution in [0.1, 0.15) is 23.4 Å². The van der Waals surface area contributed by atoms with Gasteiger partial charge in [0.25, 0.3) is 0 Å². The normalized spacial score (nSPS) is 15.6. The van der Waals surface area contributed by atoms with Gasteiger partial charge >= 0.3 is 0 Å². The number of amides is 1. The van der Waals surface area contributed by atoms with Gasteiger partial charge in [-0.25, -0.2) is 4.98 Å². The highest BCUT2D eigenvalue weighted by molar-refractivity contribution is 7.15. The van der Waals surface area contributed by atoms with Gasteiger partial charge in [0.05, 0.1) is 11.7 Å². The number of hydrogen-bond acceptors (Lipinski definition) is 4. The van der Waals surface area contributed by atoms with Crippen LogP contribution in [-0.2, 0) is 17.6 Å². The summed E-state index contributed by atoms with van der Waals surface area (Å²) in [5.41, 5.74) is 6.80. The summed E-state index contributed by atoms with van der Waals surface area (Å²) in [7, 11) is 0. The van der Waals surface area contributed by atoms with Crippen LogP contribution in [0.2, 0.25) is 0 Å². The average Bonchev–Trinajstić information content (AvgIpc) is 2.78. The molecule has 1 aromatic heterocycles. The predicted molar refractivity (Wildman–Crippen MR) is 65.6 cm³/mol. The van der Waals surface area contributed by atoms with Crippen molar-refractivity contribution in [3.8, 4) is 0 Å². The number of aromatic nitrogens is 1. The second-order valence-electron chi connectivity index (χ2n) is 3.86. The number of thiazole rings is 1. The minimum atomic E-state index is -0.531. The Morgan fingerprint density at radius 1 is 1.69 bits per heavy atom. The number of anilines is 1. The molecule has 3 N–H and O–H groups in total. The maximum Gasteiger partial charge on any atom is 0.243 e. The van der Waals surface area contributed by atoms with E-state index in [0.717, 1.165) is 18.5 Å². The molecule has 1 aliphatic rings. The average molecular weight is 237 g/mol. The smallest absolute Gasteiger partial charge is 0.243 e. The van der Waals surface area contributed by atoms with E-state index in [9.17, 15) is 4.79 Å². The Bertz CT molecular complexity index is 392. The maximum absolute atomic E-state index is 11.6. The molecule has 0 fully saturated rings. The number of hydrogen-bond donors (Lipinski definition) is 2. The van der Waals surface area contributed by atoms with E-state index < -0.39 is 6.04 Å². The first-order valence-electron chi connectivity index (χ1n) is 5.36. The van der Waals surface area contributed by atoms with Crippen molar-refractivity contribution < 1.29 is 4.79 Å². The summed E-state index contributed by atoms with van der Waals surface area (Å²) in [6.45, 7) is 3.56. The van der Waals surface area contributed by atoms with Crippen LogP contribution in [0.5, 0.6) is 0 Å². The molecule has 5 heteroatoms. The summed E-state index contributed by atoms with van der Waals surface area (Å²) < 4.78 is 0. The van der Waals surface area contributed by atoms with Gasteiger partial charge in [-0.15, -0.1) is 17.9 Å². The highest BCUT2D eigenvalue weighted by Crippen LogP contribution is 2.30. The van der Waals surface area contributed by atoms with Crippen molar-refractivity contribution in [1.82, 2.24) is 4.98 Å². The van der Waals surface area contributed by atoms with E-state index in [1.807, 2.05) is 0 Å². The molecule has 16 heavy (non-hydrogen) atoms. The first-order chi connectivity index (χ1) is 7.70. The third-order valence-electron chi connectivity index (χ3n) is 2.58. The Hall–Kier alpha value is -1.20. The maximum atomic E-state index is 11.6. The number of carbonyl (C=O) groups excluding carboxylic acids is 1.